The molecule has 0 aliphatic heterocycles. The Morgan fingerprint density at radius 2 is 2.06 bits per heavy atom. The maximum atomic E-state index is 11.4. The van der Waals surface area contributed by atoms with Crippen LogP contribution >= 0.6 is 0 Å². The SMILES string of the molecule is CCOC(=O)C(C)NCc1ccc(C2CC2)cc1. The lowest BCUT2D eigenvalue weighted by Gasteiger charge is -2.12. The van der Waals surface area contributed by atoms with Gasteiger partial charge in [0, 0.05) is 6.54 Å². The summed E-state index contributed by atoms with van der Waals surface area (Å²) in [5, 5.41) is 3.17. The fourth-order valence-electron chi connectivity index (χ4n) is 1.95. The van der Waals surface area contributed by atoms with Crippen LogP contribution in [0.3, 0.4) is 0 Å². The summed E-state index contributed by atoms with van der Waals surface area (Å²) in [6.07, 6.45) is 2.66. The Bertz CT molecular complexity index is 395. The molecule has 1 fully saturated rings. The molecular weight excluding hydrogens is 226 g/mol. The van der Waals surface area contributed by atoms with E-state index in [1.54, 1.807) is 0 Å². The van der Waals surface area contributed by atoms with Crippen molar-refractivity contribution in [3.8, 4) is 0 Å². The molecule has 0 saturated heterocycles. The van der Waals surface area contributed by atoms with Crippen molar-refractivity contribution in [2.24, 2.45) is 0 Å². The van der Waals surface area contributed by atoms with E-state index in [2.05, 4.69) is 29.6 Å². The minimum Gasteiger partial charge on any atom is -0.465 e. The van der Waals surface area contributed by atoms with E-state index in [-0.39, 0.29) is 12.0 Å². The van der Waals surface area contributed by atoms with Crippen LogP contribution in [0.25, 0.3) is 0 Å². The molecule has 1 aromatic rings. The highest BCUT2D eigenvalue weighted by atomic mass is 16.5. The molecule has 1 aliphatic carbocycles. The summed E-state index contributed by atoms with van der Waals surface area (Å²) in [6.45, 7) is 4.78. The third-order valence-corrected chi connectivity index (χ3v) is 3.28. The first-order valence-electron chi connectivity index (χ1n) is 6.69. The monoisotopic (exact) mass is 247 g/mol. The zero-order valence-electron chi connectivity index (χ0n) is 11.1. The maximum Gasteiger partial charge on any atom is 0.322 e. The molecule has 2 rings (SSSR count). The minimum absolute atomic E-state index is 0.188. The van der Waals surface area contributed by atoms with E-state index in [1.807, 2.05) is 13.8 Å². The van der Waals surface area contributed by atoms with Crippen molar-refractivity contribution in [3.05, 3.63) is 35.4 Å². The number of benzene rings is 1. The zero-order valence-corrected chi connectivity index (χ0v) is 11.1. The number of ether oxygens (including phenoxy) is 1. The first-order valence-corrected chi connectivity index (χ1v) is 6.69. The van der Waals surface area contributed by atoms with Crippen LogP contribution in [-0.2, 0) is 16.1 Å². The van der Waals surface area contributed by atoms with Gasteiger partial charge < -0.3 is 10.1 Å². The van der Waals surface area contributed by atoms with Gasteiger partial charge >= 0.3 is 5.97 Å². The average molecular weight is 247 g/mol. The fraction of sp³-hybridized carbons (Fsp3) is 0.533. The third kappa shape index (κ3) is 3.57. The number of nitrogens with one attached hydrogen (secondary N) is 1. The number of hydrogen-bond acceptors (Lipinski definition) is 3. The van der Waals surface area contributed by atoms with Crippen LogP contribution in [0.1, 0.15) is 43.7 Å². The van der Waals surface area contributed by atoms with Crippen LogP contribution in [-0.4, -0.2) is 18.6 Å². The number of carbonyl (C=O) groups is 1. The van der Waals surface area contributed by atoms with Crippen LogP contribution in [0.5, 0.6) is 0 Å². The van der Waals surface area contributed by atoms with E-state index in [9.17, 15) is 4.79 Å². The van der Waals surface area contributed by atoms with Crippen LogP contribution in [0.15, 0.2) is 24.3 Å². The maximum absolute atomic E-state index is 11.4. The molecule has 98 valence electrons. The van der Waals surface area contributed by atoms with Crippen LogP contribution in [0.2, 0.25) is 0 Å². The van der Waals surface area contributed by atoms with E-state index in [0.29, 0.717) is 13.2 Å². The molecule has 0 heterocycles. The van der Waals surface area contributed by atoms with Gasteiger partial charge in [0.1, 0.15) is 6.04 Å². The molecule has 3 nitrogen and oxygen atoms in total. The van der Waals surface area contributed by atoms with E-state index in [1.165, 1.54) is 24.0 Å². The summed E-state index contributed by atoms with van der Waals surface area (Å²) in [5.74, 6) is 0.609. The van der Waals surface area contributed by atoms with E-state index < -0.39 is 0 Å². The van der Waals surface area contributed by atoms with Crippen molar-refractivity contribution in [3.63, 3.8) is 0 Å². The predicted molar refractivity (Wildman–Crippen MR) is 71.4 cm³/mol. The Labute approximate surface area is 109 Å². The Morgan fingerprint density at radius 3 is 2.61 bits per heavy atom. The van der Waals surface area contributed by atoms with Crippen molar-refractivity contribution in [2.45, 2.75) is 45.2 Å². The highest BCUT2D eigenvalue weighted by Crippen LogP contribution is 2.39. The van der Waals surface area contributed by atoms with E-state index >= 15 is 0 Å². The summed E-state index contributed by atoms with van der Waals surface area (Å²) >= 11 is 0. The number of esters is 1. The number of hydrogen-bond donors (Lipinski definition) is 1. The Hall–Kier alpha value is -1.35. The molecule has 0 spiro atoms. The lowest BCUT2D eigenvalue weighted by Crippen LogP contribution is -2.34. The second kappa shape index (κ2) is 6.01. The fourth-order valence-corrected chi connectivity index (χ4v) is 1.95. The normalized spacial score (nSPS) is 16.3. The number of carbonyl (C=O) groups excluding carboxylic acids is 1. The molecule has 1 aliphatic rings. The van der Waals surface area contributed by atoms with Gasteiger partial charge in [0.2, 0.25) is 0 Å². The lowest BCUT2D eigenvalue weighted by molar-refractivity contribution is -0.145. The van der Waals surface area contributed by atoms with Gasteiger partial charge in [-0.3, -0.25) is 4.79 Å². The summed E-state index contributed by atoms with van der Waals surface area (Å²) in [4.78, 5) is 11.4. The standard InChI is InChI=1S/C15H21NO2/c1-3-18-15(17)11(2)16-10-12-4-6-13(7-5-12)14-8-9-14/h4-7,11,14,16H,3,8-10H2,1-2H3. The molecular formula is C15H21NO2. The van der Waals surface area contributed by atoms with Gasteiger partial charge in [-0.25, -0.2) is 0 Å². The van der Waals surface area contributed by atoms with Crippen molar-refractivity contribution in [1.82, 2.24) is 5.32 Å². The van der Waals surface area contributed by atoms with Crippen LogP contribution in [0, 0.1) is 0 Å². The molecule has 0 bridgehead atoms. The minimum atomic E-state index is -0.256. The molecule has 0 aromatic heterocycles. The molecule has 0 amide bonds. The Kier molecular flexibility index (Phi) is 4.37. The highest BCUT2D eigenvalue weighted by molar-refractivity contribution is 5.75. The molecule has 3 heteroatoms. The first kappa shape index (κ1) is 13.1. The third-order valence-electron chi connectivity index (χ3n) is 3.28. The molecule has 1 atom stereocenters. The lowest BCUT2D eigenvalue weighted by atomic mass is 10.1. The largest absolute Gasteiger partial charge is 0.465 e. The first-order chi connectivity index (χ1) is 8.70. The summed E-state index contributed by atoms with van der Waals surface area (Å²) in [5.41, 5.74) is 2.65. The van der Waals surface area contributed by atoms with Crippen molar-refractivity contribution in [2.75, 3.05) is 6.61 Å². The van der Waals surface area contributed by atoms with Gasteiger partial charge in [0.25, 0.3) is 0 Å². The average Bonchev–Trinajstić information content (AvgIpc) is 3.21. The summed E-state index contributed by atoms with van der Waals surface area (Å²) in [6, 6.07) is 8.41. The smallest absolute Gasteiger partial charge is 0.322 e. The van der Waals surface area contributed by atoms with Gasteiger partial charge in [0.15, 0.2) is 0 Å². The Morgan fingerprint density at radius 1 is 1.39 bits per heavy atom. The highest BCUT2D eigenvalue weighted by Gasteiger charge is 2.22. The summed E-state index contributed by atoms with van der Waals surface area (Å²) in [7, 11) is 0. The van der Waals surface area contributed by atoms with E-state index in [4.69, 9.17) is 4.74 Å². The van der Waals surface area contributed by atoms with Crippen molar-refractivity contribution in [1.29, 1.82) is 0 Å². The Balaban J connectivity index is 1.80. The molecule has 1 unspecified atom stereocenters. The predicted octanol–water partition coefficient (Wildman–Crippen LogP) is 2.61. The quantitative estimate of drug-likeness (QED) is 0.785. The zero-order chi connectivity index (χ0) is 13.0. The second-order valence-corrected chi connectivity index (χ2v) is 4.87. The molecule has 1 saturated carbocycles. The molecule has 0 radical (unpaired) electrons. The van der Waals surface area contributed by atoms with Crippen LogP contribution in [0.4, 0.5) is 0 Å². The van der Waals surface area contributed by atoms with Crippen LogP contribution < -0.4 is 5.32 Å². The van der Waals surface area contributed by atoms with Crippen molar-refractivity contribution >= 4 is 5.97 Å². The number of rotatable bonds is 6. The van der Waals surface area contributed by atoms with Gasteiger partial charge in [-0.2, -0.15) is 0 Å². The van der Waals surface area contributed by atoms with E-state index in [0.717, 1.165) is 5.92 Å². The van der Waals surface area contributed by atoms with Crippen molar-refractivity contribution < 1.29 is 9.53 Å². The molecule has 1 aromatic carbocycles. The molecule has 18 heavy (non-hydrogen) atoms. The van der Waals surface area contributed by atoms with Gasteiger partial charge in [-0.05, 0) is 43.7 Å². The summed E-state index contributed by atoms with van der Waals surface area (Å²) < 4.78 is 4.95. The second-order valence-electron chi connectivity index (χ2n) is 4.87. The van der Waals surface area contributed by atoms with Gasteiger partial charge in [-0.1, -0.05) is 24.3 Å². The topological polar surface area (TPSA) is 38.3 Å². The molecule has 1 N–H and O–H groups in total. The van der Waals surface area contributed by atoms with Gasteiger partial charge in [-0.15, -0.1) is 0 Å². The van der Waals surface area contributed by atoms with Gasteiger partial charge in [0.05, 0.1) is 6.61 Å².